The Morgan fingerprint density at radius 2 is 1.72 bits per heavy atom. The number of carbonyl (C=O) groups is 2. The van der Waals surface area contributed by atoms with Gasteiger partial charge in [0.25, 0.3) is 5.91 Å². The Balaban J connectivity index is 2.01. The third-order valence-electron chi connectivity index (χ3n) is 4.29. The van der Waals surface area contributed by atoms with E-state index in [2.05, 4.69) is 5.32 Å². The highest BCUT2D eigenvalue weighted by Gasteiger charge is 2.19. The fraction of sp³-hybridized carbons (Fsp3) is 0.556. The number of ether oxygens (including phenoxy) is 3. The summed E-state index contributed by atoms with van der Waals surface area (Å²) in [4.78, 5) is 26.3. The summed E-state index contributed by atoms with van der Waals surface area (Å²) in [7, 11) is 4.53. The molecule has 0 atom stereocenters. The average molecular weight is 350 g/mol. The maximum Gasteiger partial charge on any atom is 0.255 e. The fourth-order valence-electron chi connectivity index (χ4n) is 2.88. The lowest BCUT2D eigenvalue weighted by atomic mass is 10.1. The van der Waals surface area contributed by atoms with Crippen LogP contribution < -0.4 is 19.5 Å². The molecule has 1 aliphatic rings. The van der Waals surface area contributed by atoms with Crippen LogP contribution in [0.1, 0.15) is 36.0 Å². The number of nitrogens with zero attached hydrogens (tertiary/aromatic N) is 1. The van der Waals surface area contributed by atoms with Crippen LogP contribution in [-0.2, 0) is 4.79 Å². The van der Waals surface area contributed by atoms with E-state index in [1.165, 1.54) is 21.3 Å². The monoisotopic (exact) mass is 350 g/mol. The molecule has 1 N–H and O–H groups in total. The van der Waals surface area contributed by atoms with Crippen LogP contribution in [0.4, 0.5) is 0 Å². The quantitative estimate of drug-likeness (QED) is 0.812. The highest BCUT2D eigenvalue weighted by molar-refractivity contribution is 5.97. The van der Waals surface area contributed by atoms with Crippen molar-refractivity contribution in [2.24, 2.45) is 0 Å². The first-order valence-corrected chi connectivity index (χ1v) is 8.46. The van der Waals surface area contributed by atoms with Crippen molar-refractivity contribution in [3.8, 4) is 17.2 Å². The summed E-state index contributed by atoms with van der Waals surface area (Å²) < 4.78 is 15.7. The lowest BCUT2D eigenvalue weighted by molar-refractivity contribution is -0.130. The van der Waals surface area contributed by atoms with E-state index in [1.807, 2.05) is 4.90 Å². The van der Waals surface area contributed by atoms with Crippen molar-refractivity contribution < 1.29 is 23.8 Å². The first-order chi connectivity index (χ1) is 12.1. The van der Waals surface area contributed by atoms with Crippen molar-refractivity contribution in [1.29, 1.82) is 0 Å². The minimum atomic E-state index is -0.278. The molecule has 1 aromatic rings. The van der Waals surface area contributed by atoms with Gasteiger partial charge in [-0.05, 0) is 12.8 Å². The number of hydrogen-bond acceptors (Lipinski definition) is 5. The molecule has 2 amide bonds. The van der Waals surface area contributed by atoms with Crippen molar-refractivity contribution in [3.05, 3.63) is 17.7 Å². The molecule has 1 fully saturated rings. The van der Waals surface area contributed by atoms with E-state index < -0.39 is 0 Å². The Morgan fingerprint density at radius 1 is 1.04 bits per heavy atom. The van der Waals surface area contributed by atoms with E-state index in [-0.39, 0.29) is 11.8 Å². The first-order valence-electron chi connectivity index (χ1n) is 8.46. The molecule has 138 valence electrons. The van der Waals surface area contributed by atoms with Crippen LogP contribution in [0.15, 0.2) is 12.1 Å². The molecule has 0 aliphatic carbocycles. The summed E-state index contributed by atoms with van der Waals surface area (Å²) in [5, 5.41) is 2.84. The number of rotatable bonds is 7. The van der Waals surface area contributed by atoms with Crippen LogP contribution in [-0.4, -0.2) is 57.7 Å². The lowest BCUT2D eigenvalue weighted by Gasteiger charge is -2.21. The van der Waals surface area contributed by atoms with Gasteiger partial charge in [0.2, 0.25) is 5.91 Å². The van der Waals surface area contributed by atoms with E-state index in [0.29, 0.717) is 42.3 Å². The zero-order valence-corrected chi connectivity index (χ0v) is 15.1. The summed E-state index contributed by atoms with van der Waals surface area (Å²) in [6, 6.07) is 3.20. The number of methoxy groups -OCH3 is 3. The summed E-state index contributed by atoms with van der Waals surface area (Å²) in [6.07, 6.45) is 3.64. The zero-order valence-electron chi connectivity index (χ0n) is 15.1. The normalized spacial score (nSPS) is 14.7. The largest absolute Gasteiger partial charge is 0.496 e. The number of hydrogen-bond donors (Lipinski definition) is 1. The predicted molar refractivity (Wildman–Crippen MR) is 93.5 cm³/mol. The van der Waals surface area contributed by atoms with Crippen LogP contribution in [0.5, 0.6) is 17.2 Å². The third-order valence-corrected chi connectivity index (χ3v) is 4.29. The van der Waals surface area contributed by atoms with Gasteiger partial charge in [-0.2, -0.15) is 0 Å². The predicted octanol–water partition coefficient (Wildman–Crippen LogP) is 1.84. The zero-order chi connectivity index (χ0) is 18.2. The molecule has 1 aliphatic heterocycles. The highest BCUT2D eigenvalue weighted by atomic mass is 16.5. The molecule has 7 heteroatoms. The molecule has 1 heterocycles. The Morgan fingerprint density at radius 3 is 2.40 bits per heavy atom. The van der Waals surface area contributed by atoms with Crippen molar-refractivity contribution in [2.45, 2.75) is 25.7 Å². The molecule has 0 spiro atoms. The van der Waals surface area contributed by atoms with Gasteiger partial charge in [0.05, 0.1) is 26.9 Å². The van der Waals surface area contributed by atoms with Gasteiger partial charge in [0, 0.05) is 38.2 Å². The van der Waals surface area contributed by atoms with Gasteiger partial charge >= 0.3 is 0 Å². The van der Waals surface area contributed by atoms with Crippen LogP contribution in [0.25, 0.3) is 0 Å². The molecule has 0 bridgehead atoms. The van der Waals surface area contributed by atoms with E-state index in [4.69, 9.17) is 14.2 Å². The second-order valence-corrected chi connectivity index (χ2v) is 5.85. The van der Waals surface area contributed by atoms with Gasteiger partial charge in [-0.25, -0.2) is 0 Å². The Labute approximate surface area is 148 Å². The second-order valence-electron chi connectivity index (χ2n) is 5.85. The average Bonchev–Trinajstić information content (AvgIpc) is 2.84. The first kappa shape index (κ1) is 18.9. The Bertz CT molecular complexity index is 618. The van der Waals surface area contributed by atoms with Crippen molar-refractivity contribution >= 4 is 11.8 Å². The molecule has 0 radical (unpaired) electrons. The van der Waals surface area contributed by atoms with Gasteiger partial charge in [0.15, 0.2) is 11.5 Å². The molecule has 2 rings (SSSR count). The van der Waals surface area contributed by atoms with Crippen LogP contribution in [0.3, 0.4) is 0 Å². The molecule has 1 aromatic carbocycles. The van der Waals surface area contributed by atoms with Crippen LogP contribution in [0, 0.1) is 0 Å². The summed E-state index contributed by atoms with van der Waals surface area (Å²) in [5.74, 6) is 1.23. The Hall–Kier alpha value is -2.44. The minimum Gasteiger partial charge on any atom is -0.496 e. The van der Waals surface area contributed by atoms with Crippen molar-refractivity contribution in [1.82, 2.24) is 10.2 Å². The molecule has 0 unspecified atom stereocenters. The van der Waals surface area contributed by atoms with Gasteiger partial charge in [-0.3, -0.25) is 9.59 Å². The van der Waals surface area contributed by atoms with Gasteiger partial charge in [0.1, 0.15) is 5.75 Å². The fourth-order valence-corrected chi connectivity index (χ4v) is 2.88. The van der Waals surface area contributed by atoms with Gasteiger partial charge < -0.3 is 24.4 Å². The maximum atomic E-state index is 12.5. The van der Waals surface area contributed by atoms with Crippen molar-refractivity contribution in [3.63, 3.8) is 0 Å². The molecule has 0 aromatic heterocycles. The summed E-state index contributed by atoms with van der Waals surface area (Å²) in [6.45, 7) is 1.66. The smallest absolute Gasteiger partial charge is 0.255 e. The maximum absolute atomic E-state index is 12.5. The summed E-state index contributed by atoms with van der Waals surface area (Å²) >= 11 is 0. The number of carbonyl (C=O) groups excluding carboxylic acids is 2. The molecular formula is C18H26N2O5. The molecule has 0 saturated carbocycles. The lowest BCUT2D eigenvalue weighted by Crippen LogP contribution is -2.38. The number of amides is 2. The highest BCUT2D eigenvalue weighted by Crippen LogP contribution is 2.34. The molecule has 1 saturated heterocycles. The number of benzene rings is 1. The van der Waals surface area contributed by atoms with E-state index in [0.717, 1.165) is 25.8 Å². The van der Waals surface area contributed by atoms with Crippen molar-refractivity contribution in [2.75, 3.05) is 41.0 Å². The molecular weight excluding hydrogens is 324 g/mol. The summed E-state index contributed by atoms with van der Waals surface area (Å²) in [5.41, 5.74) is 0.363. The van der Waals surface area contributed by atoms with Gasteiger partial charge in [-0.15, -0.1) is 0 Å². The minimum absolute atomic E-state index is 0.162. The topological polar surface area (TPSA) is 77.1 Å². The van der Waals surface area contributed by atoms with E-state index in [1.54, 1.807) is 12.1 Å². The Kier molecular flexibility index (Phi) is 6.91. The molecule has 7 nitrogen and oxygen atoms in total. The van der Waals surface area contributed by atoms with Crippen LogP contribution in [0.2, 0.25) is 0 Å². The molecule has 25 heavy (non-hydrogen) atoms. The SMILES string of the molecule is COc1cc(OC)c(C(=O)NCCN2CCCCCC2=O)cc1OC. The number of nitrogens with one attached hydrogen (secondary N) is 1. The standard InChI is InChI=1S/C18H26N2O5/c1-23-14-12-16(25-3)15(24-2)11-13(14)18(22)19-8-10-20-9-6-4-5-7-17(20)21/h11-12H,4-10H2,1-3H3,(H,19,22). The number of likely N-dealkylation sites (tertiary alicyclic amines) is 1. The van der Waals surface area contributed by atoms with Gasteiger partial charge in [-0.1, -0.05) is 6.42 Å². The van der Waals surface area contributed by atoms with E-state index in [9.17, 15) is 9.59 Å². The van der Waals surface area contributed by atoms with Crippen LogP contribution >= 0.6 is 0 Å². The second kappa shape index (κ2) is 9.15. The van der Waals surface area contributed by atoms with E-state index >= 15 is 0 Å². The third kappa shape index (κ3) is 4.78.